The Labute approximate surface area is 114 Å². The molecule has 0 unspecified atom stereocenters. The molecule has 1 aromatic rings. The van der Waals surface area contributed by atoms with Crippen molar-refractivity contribution in [3.63, 3.8) is 0 Å². The van der Waals surface area contributed by atoms with Gasteiger partial charge < -0.3 is 10.0 Å². The van der Waals surface area contributed by atoms with E-state index in [1.165, 1.54) is 0 Å². The first-order chi connectivity index (χ1) is 9.13. The number of nitrogens with zero attached hydrogens (tertiary/aromatic N) is 2. The van der Waals surface area contributed by atoms with E-state index in [1.807, 2.05) is 36.9 Å². The van der Waals surface area contributed by atoms with E-state index in [9.17, 15) is 4.79 Å². The highest BCUT2D eigenvalue weighted by atomic mass is 16.3. The zero-order chi connectivity index (χ0) is 13.8. The third-order valence-electron chi connectivity index (χ3n) is 3.77. The fourth-order valence-corrected chi connectivity index (χ4v) is 2.63. The summed E-state index contributed by atoms with van der Waals surface area (Å²) >= 11 is 0. The molecule has 0 radical (unpaired) electrons. The summed E-state index contributed by atoms with van der Waals surface area (Å²) in [5.41, 5.74) is 2.93. The van der Waals surface area contributed by atoms with Crippen LogP contribution >= 0.6 is 0 Å². The van der Waals surface area contributed by atoms with Crippen molar-refractivity contribution < 1.29 is 9.90 Å². The number of aryl methyl sites for hydroxylation is 2. The summed E-state index contributed by atoms with van der Waals surface area (Å²) in [6.45, 7) is 8.04. The van der Waals surface area contributed by atoms with Crippen LogP contribution in [0.15, 0.2) is 18.2 Å². The number of rotatable bonds is 3. The minimum Gasteiger partial charge on any atom is -0.395 e. The fourth-order valence-electron chi connectivity index (χ4n) is 2.63. The summed E-state index contributed by atoms with van der Waals surface area (Å²) in [5, 5.41) is 8.92. The molecule has 0 aromatic heterocycles. The quantitative estimate of drug-likeness (QED) is 0.885. The van der Waals surface area contributed by atoms with Crippen molar-refractivity contribution in [3.05, 3.63) is 34.9 Å². The Morgan fingerprint density at radius 1 is 1.16 bits per heavy atom. The van der Waals surface area contributed by atoms with Crippen molar-refractivity contribution in [2.45, 2.75) is 13.8 Å². The van der Waals surface area contributed by atoms with Crippen LogP contribution < -0.4 is 0 Å². The van der Waals surface area contributed by atoms with Gasteiger partial charge in [-0.05, 0) is 25.0 Å². The highest BCUT2D eigenvalue weighted by molar-refractivity contribution is 5.97. The number of carbonyl (C=O) groups excluding carboxylic acids is 1. The van der Waals surface area contributed by atoms with Gasteiger partial charge in [0.25, 0.3) is 5.91 Å². The number of piperazine rings is 1. The van der Waals surface area contributed by atoms with Crippen molar-refractivity contribution in [1.82, 2.24) is 9.80 Å². The van der Waals surface area contributed by atoms with E-state index in [0.29, 0.717) is 6.54 Å². The first-order valence-corrected chi connectivity index (χ1v) is 6.82. The Kier molecular flexibility index (Phi) is 4.56. The smallest absolute Gasteiger partial charge is 0.254 e. The average Bonchev–Trinajstić information content (AvgIpc) is 2.39. The molecule has 1 heterocycles. The lowest BCUT2D eigenvalue weighted by Crippen LogP contribution is -2.49. The Morgan fingerprint density at radius 3 is 2.26 bits per heavy atom. The number of hydrogen-bond acceptors (Lipinski definition) is 3. The van der Waals surface area contributed by atoms with Gasteiger partial charge in [-0.25, -0.2) is 0 Å². The van der Waals surface area contributed by atoms with Crippen molar-refractivity contribution in [2.75, 3.05) is 39.3 Å². The number of carbonyl (C=O) groups is 1. The molecule has 1 aliphatic rings. The summed E-state index contributed by atoms with van der Waals surface area (Å²) < 4.78 is 0. The lowest BCUT2D eigenvalue weighted by atomic mass is 10.0. The molecular formula is C15H22N2O2. The maximum Gasteiger partial charge on any atom is 0.254 e. The minimum absolute atomic E-state index is 0.138. The van der Waals surface area contributed by atoms with Crippen LogP contribution in [0.2, 0.25) is 0 Å². The van der Waals surface area contributed by atoms with Crippen LogP contribution in [0.4, 0.5) is 0 Å². The standard InChI is InChI=1S/C15H22N2O2/c1-12-4-3-5-13(2)14(12)15(19)17-8-6-16(7-9-17)10-11-18/h3-5,18H,6-11H2,1-2H3. The molecule has 1 saturated heterocycles. The van der Waals surface area contributed by atoms with Gasteiger partial charge >= 0.3 is 0 Å². The molecular weight excluding hydrogens is 240 g/mol. The molecule has 0 spiro atoms. The zero-order valence-electron chi connectivity index (χ0n) is 11.7. The van der Waals surface area contributed by atoms with Gasteiger partial charge in [0.15, 0.2) is 0 Å². The Hall–Kier alpha value is -1.39. The number of aliphatic hydroxyl groups excluding tert-OH is 1. The molecule has 4 heteroatoms. The second-order valence-electron chi connectivity index (χ2n) is 5.12. The number of β-amino-alcohol motifs (C(OH)–C–C–N with tert-alkyl or cyclic N) is 1. The Balaban J connectivity index is 2.05. The predicted molar refractivity (Wildman–Crippen MR) is 75.3 cm³/mol. The topological polar surface area (TPSA) is 43.8 Å². The van der Waals surface area contributed by atoms with Gasteiger partial charge in [-0.1, -0.05) is 18.2 Å². The van der Waals surface area contributed by atoms with Gasteiger partial charge in [-0.2, -0.15) is 0 Å². The van der Waals surface area contributed by atoms with E-state index < -0.39 is 0 Å². The fraction of sp³-hybridized carbons (Fsp3) is 0.533. The predicted octanol–water partition coefficient (Wildman–Crippen LogP) is 1.05. The van der Waals surface area contributed by atoms with Gasteiger partial charge in [0.1, 0.15) is 0 Å². The Bertz CT molecular complexity index is 431. The molecule has 4 nitrogen and oxygen atoms in total. The number of amides is 1. The SMILES string of the molecule is Cc1cccc(C)c1C(=O)N1CCN(CCO)CC1. The van der Waals surface area contributed by atoms with E-state index in [1.54, 1.807) is 0 Å². The largest absolute Gasteiger partial charge is 0.395 e. The van der Waals surface area contributed by atoms with Crippen LogP contribution in [0.1, 0.15) is 21.5 Å². The van der Waals surface area contributed by atoms with Gasteiger partial charge in [0.05, 0.1) is 6.61 Å². The molecule has 19 heavy (non-hydrogen) atoms. The lowest BCUT2D eigenvalue weighted by Gasteiger charge is -2.34. The monoisotopic (exact) mass is 262 g/mol. The average molecular weight is 262 g/mol. The first kappa shape index (κ1) is 14.0. The molecule has 1 aromatic carbocycles. The lowest BCUT2D eigenvalue weighted by molar-refractivity contribution is 0.0613. The third kappa shape index (κ3) is 3.14. The van der Waals surface area contributed by atoms with Crippen LogP contribution in [0.25, 0.3) is 0 Å². The summed E-state index contributed by atoms with van der Waals surface area (Å²) in [6, 6.07) is 5.96. The maximum atomic E-state index is 12.6. The van der Waals surface area contributed by atoms with Crippen molar-refractivity contribution in [2.24, 2.45) is 0 Å². The van der Waals surface area contributed by atoms with E-state index in [2.05, 4.69) is 4.90 Å². The summed E-state index contributed by atoms with van der Waals surface area (Å²) in [7, 11) is 0. The second-order valence-corrected chi connectivity index (χ2v) is 5.12. The van der Waals surface area contributed by atoms with Crippen LogP contribution in [-0.2, 0) is 0 Å². The van der Waals surface area contributed by atoms with Gasteiger partial charge in [-0.3, -0.25) is 9.69 Å². The van der Waals surface area contributed by atoms with Gasteiger partial charge in [-0.15, -0.1) is 0 Å². The molecule has 0 bridgehead atoms. The van der Waals surface area contributed by atoms with Crippen LogP contribution in [0.3, 0.4) is 0 Å². The second kappa shape index (κ2) is 6.17. The van der Waals surface area contributed by atoms with Crippen molar-refractivity contribution in [3.8, 4) is 0 Å². The molecule has 104 valence electrons. The highest BCUT2D eigenvalue weighted by Crippen LogP contribution is 2.17. The van der Waals surface area contributed by atoms with E-state index in [4.69, 9.17) is 5.11 Å². The number of aliphatic hydroxyl groups is 1. The normalized spacial score (nSPS) is 16.7. The van der Waals surface area contributed by atoms with E-state index in [-0.39, 0.29) is 12.5 Å². The summed E-state index contributed by atoms with van der Waals surface area (Å²) in [6.07, 6.45) is 0. The molecule has 1 N–H and O–H groups in total. The van der Waals surface area contributed by atoms with Gasteiger partial charge in [0, 0.05) is 38.3 Å². The number of hydrogen-bond donors (Lipinski definition) is 1. The minimum atomic E-state index is 0.138. The maximum absolute atomic E-state index is 12.6. The van der Waals surface area contributed by atoms with E-state index >= 15 is 0 Å². The molecule has 1 aliphatic heterocycles. The van der Waals surface area contributed by atoms with Crippen molar-refractivity contribution >= 4 is 5.91 Å². The molecule has 2 rings (SSSR count). The van der Waals surface area contributed by atoms with E-state index in [0.717, 1.165) is 42.9 Å². The summed E-state index contributed by atoms with van der Waals surface area (Å²) in [5.74, 6) is 0.138. The summed E-state index contributed by atoms with van der Waals surface area (Å²) in [4.78, 5) is 16.7. The van der Waals surface area contributed by atoms with Crippen molar-refractivity contribution in [1.29, 1.82) is 0 Å². The zero-order valence-corrected chi connectivity index (χ0v) is 11.7. The molecule has 1 fully saturated rings. The molecule has 0 aliphatic carbocycles. The first-order valence-electron chi connectivity index (χ1n) is 6.82. The number of benzene rings is 1. The van der Waals surface area contributed by atoms with Crippen LogP contribution in [0.5, 0.6) is 0 Å². The molecule has 0 saturated carbocycles. The van der Waals surface area contributed by atoms with Crippen LogP contribution in [0, 0.1) is 13.8 Å². The molecule has 1 amide bonds. The molecule has 0 atom stereocenters. The van der Waals surface area contributed by atoms with Gasteiger partial charge in [0.2, 0.25) is 0 Å². The van der Waals surface area contributed by atoms with Crippen LogP contribution in [-0.4, -0.2) is 60.1 Å². The Morgan fingerprint density at radius 2 is 1.74 bits per heavy atom. The third-order valence-corrected chi connectivity index (χ3v) is 3.77. The highest BCUT2D eigenvalue weighted by Gasteiger charge is 2.23.